The number of carbonyl (C=O) groups is 1. The third-order valence-corrected chi connectivity index (χ3v) is 5.75. The molecule has 8 heteroatoms. The number of nitrogens with zero attached hydrogens (tertiary/aromatic N) is 1. The van der Waals surface area contributed by atoms with Gasteiger partial charge in [-0.15, -0.1) is 0 Å². The molecule has 4 N–H and O–H groups in total. The summed E-state index contributed by atoms with van der Waals surface area (Å²) in [4.78, 5) is 9.62. The van der Waals surface area contributed by atoms with Crippen LogP contribution in [0.15, 0.2) is 54.6 Å². The van der Waals surface area contributed by atoms with Crippen molar-refractivity contribution in [2.45, 2.75) is 44.8 Å². The van der Waals surface area contributed by atoms with Gasteiger partial charge in [-0.25, -0.2) is 0 Å². The molecule has 2 aromatic carbocycles. The summed E-state index contributed by atoms with van der Waals surface area (Å²) in [6.07, 6.45) is 1.30. The lowest BCUT2D eigenvalue weighted by atomic mass is 9.84. The lowest BCUT2D eigenvalue weighted by Crippen LogP contribution is -2.28. The number of hydrogen-bond acceptors (Lipinski definition) is 5. The molecular formula is C26H35Cl2N3O3. The minimum Gasteiger partial charge on any atom is -0.394 e. The van der Waals surface area contributed by atoms with Gasteiger partial charge in [-0.3, -0.25) is 4.79 Å². The first kappa shape index (κ1) is 29.9. The van der Waals surface area contributed by atoms with Crippen molar-refractivity contribution in [3.05, 3.63) is 70.2 Å². The maximum Gasteiger partial charge on any atom is 0.207 e. The molecule has 186 valence electrons. The van der Waals surface area contributed by atoms with E-state index in [1.54, 1.807) is 0 Å². The van der Waals surface area contributed by atoms with Crippen LogP contribution in [-0.2, 0) is 4.79 Å². The molecule has 0 bridgehead atoms. The maximum absolute atomic E-state index is 9.62. The number of nitrogens with one attached hydrogen (secondary N) is 2. The van der Waals surface area contributed by atoms with Gasteiger partial charge in [0.15, 0.2) is 0 Å². The molecule has 3 rings (SSSR count). The largest absolute Gasteiger partial charge is 0.394 e. The minimum atomic E-state index is -0.711. The Morgan fingerprint density at radius 3 is 2.35 bits per heavy atom. The molecule has 1 amide bonds. The number of aliphatic hydroxyl groups excluding tert-OH is 2. The van der Waals surface area contributed by atoms with Crippen LogP contribution in [-0.4, -0.2) is 48.5 Å². The zero-order valence-corrected chi connectivity index (χ0v) is 21.2. The van der Waals surface area contributed by atoms with Gasteiger partial charge in [0.1, 0.15) is 0 Å². The molecule has 34 heavy (non-hydrogen) atoms. The highest BCUT2D eigenvalue weighted by Gasteiger charge is 2.36. The number of amides is 1. The third kappa shape index (κ3) is 11.8. The van der Waals surface area contributed by atoms with Crippen molar-refractivity contribution in [3.8, 4) is 6.07 Å². The second-order valence-electron chi connectivity index (χ2n) is 8.45. The smallest absolute Gasteiger partial charge is 0.207 e. The van der Waals surface area contributed by atoms with Crippen molar-refractivity contribution in [1.82, 2.24) is 10.6 Å². The van der Waals surface area contributed by atoms with E-state index in [0.29, 0.717) is 31.3 Å². The fourth-order valence-corrected chi connectivity index (χ4v) is 3.95. The van der Waals surface area contributed by atoms with Gasteiger partial charge in [0.2, 0.25) is 6.41 Å². The topological polar surface area (TPSA) is 105 Å². The van der Waals surface area contributed by atoms with Crippen LogP contribution in [0.2, 0.25) is 10.0 Å². The van der Waals surface area contributed by atoms with E-state index in [4.69, 9.17) is 33.4 Å². The second kappa shape index (κ2) is 17.3. The molecule has 0 aromatic heterocycles. The first-order valence-corrected chi connectivity index (χ1v) is 12.1. The molecule has 1 aliphatic heterocycles. The minimum absolute atomic E-state index is 0.0471. The van der Waals surface area contributed by atoms with Crippen LogP contribution in [0, 0.1) is 23.2 Å². The Kier molecular flexibility index (Phi) is 15.2. The molecular weight excluding hydrogens is 473 g/mol. The van der Waals surface area contributed by atoms with Gasteiger partial charge in [0, 0.05) is 35.1 Å². The number of carbonyl (C=O) groups excluding carboxylic acids is 1. The fourth-order valence-electron chi connectivity index (χ4n) is 3.61. The molecule has 4 unspecified atom stereocenters. The lowest BCUT2D eigenvalue weighted by Gasteiger charge is -2.19. The van der Waals surface area contributed by atoms with E-state index in [1.165, 1.54) is 5.56 Å². The molecule has 1 heterocycles. The molecule has 0 radical (unpaired) electrons. The van der Waals surface area contributed by atoms with Crippen molar-refractivity contribution >= 4 is 29.6 Å². The predicted octanol–water partition coefficient (Wildman–Crippen LogP) is 4.40. The Morgan fingerprint density at radius 2 is 1.85 bits per heavy atom. The van der Waals surface area contributed by atoms with E-state index >= 15 is 0 Å². The van der Waals surface area contributed by atoms with Gasteiger partial charge in [0.05, 0.1) is 24.7 Å². The highest BCUT2D eigenvalue weighted by atomic mass is 35.5. The van der Waals surface area contributed by atoms with Crippen LogP contribution >= 0.6 is 23.2 Å². The van der Waals surface area contributed by atoms with Crippen LogP contribution < -0.4 is 10.6 Å². The van der Waals surface area contributed by atoms with E-state index in [1.807, 2.05) is 48.5 Å². The normalized spacial score (nSPS) is 19.6. The molecule has 0 spiro atoms. The highest BCUT2D eigenvalue weighted by molar-refractivity contribution is 6.30. The lowest BCUT2D eigenvalue weighted by molar-refractivity contribution is -0.109. The Labute approximate surface area is 212 Å². The maximum atomic E-state index is 9.62. The second-order valence-corrected chi connectivity index (χ2v) is 9.33. The first-order valence-electron chi connectivity index (χ1n) is 11.4. The molecule has 6 nitrogen and oxygen atoms in total. The van der Waals surface area contributed by atoms with Crippen molar-refractivity contribution in [2.75, 3.05) is 19.7 Å². The van der Waals surface area contributed by atoms with Crippen molar-refractivity contribution in [1.29, 1.82) is 5.26 Å². The molecule has 0 saturated carbocycles. The standard InChI is InChI=1S/C15H19ClN2.C6H5Cl.C5H11NO3/c1-10(2)6-15-13(8-17)14(9-18-15)11-4-3-5-12(16)7-11;7-6-4-2-1-3-5-6;7-3-5(9)1-2-6-4-8/h3-5,7,10,13-15,18H,6,9H2,1-2H3;1-5H;4-5,7,9H,1-3H2,(H,6,8). The number of hydrogen-bond donors (Lipinski definition) is 4. The zero-order valence-electron chi connectivity index (χ0n) is 19.7. The Balaban J connectivity index is 0.000000300. The Bertz CT molecular complexity index is 862. The van der Waals surface area contributed by atoms with E-state index in [0.717, 1.165) is 23.0 Å². The summed E-state index contributed by atoms with van der Waals surface area (Å²) in [5.41, 5.74) is 1.17. The van der Waals surface area contributed by atoms with Gasteiger partial charge in [-0.2, -0.15) is 5.26 Å². The summed E-state index contributed by atoms with van der Waals surface area (Å²) in [7, 11) is 0. The Morgan fingerprint density at radius 1 is 1.18 bits per heavy atom. The number of benzene rings is 2. The number of halogens is 2. The van der Waals surface area contributed by atoms with Crippen molar-refractivity contribution < 1.29 is 15.0 Å². The van der Waals surface area contributed by atoms with Crippen molar-refractivity contribution in [2.24, 2.45) is 11.8 Å². The van der Waals surface area contributed by atoms with Crippen LogP contribution in [0.25, 0.3) is 0 Å². The zero-order chi connectivity index (χ0) is 25.3. The predicted molar refractivity (Wildman–Crippen MR) is 138 cm³/mol. The quantitative estimate of drug-likeness (QED) is 0.313. The van der Waals surface area contributed by atoms with Crippen LogP contribution in [0.1, 0.15) is 38.2 Å². The van der Waals surface area contributed by atoms with E-state index < -0.39 is 6.10 Å². The fraction of sp³-hybridized carbons (Fsp3) is 0.462. The van der Waals surface area contributed by atoms with Gasteiger partial charge in [0.25, 0.3) is 0 Å². The van der Waals surface area contributed by atoms with E-state index in [9.17, 15) is 10.1 Å². The summed E-state index contributed by atoms with van der Waals surface area (Å²) in [6.45, 7) is 5.42. The molecule has 1 aliphatic rings. The number of nitriles is 1. The summed E-state index contributed by atoms with van der Waals surface area (Å²) >= 11 is 11.6. The average molecular weight is 508 g/mol. The molecule has 1 fully saturated rings. The van der Waals surface area contributed by atoms with Gasteiger partial charge in [-0.05, 0) is 48.6 Å². The summed E-state index contributed by atoms with van der Waals surface area (Å²) in [5.74, 6) is 0.916. The van der Waals surface area contributed by atoms with Crippen LogP contribution in [0.4, 0.5) is 0 Å². The molecule has 1 saturated heterocycles. The van der Waals surface area contributed by atoms with Crippen LogP contribution in [0.5, 0.6) is 0 Å². The molecule has 2 aromatic rings. The first-order chi connectivity index (χ1) is 16.3. The third-order valence-electron chi connectivity index (χ3n) is 5.27. The summed E-state index contributed by atoms with van der Waals surface area (Å²) < 4.78 is 0. The van der Waals surface area contributed by atoms with Crippen LogP contribution in [0.3, 0.4) is 0 Å². The number of rotatable bonds is 8. The monoisotopic (exact) mass is 507 g/mol. The Hall–Kier alpha value is -2.14. The number of aliphatic hydroxyl groups is 2. The average Bonchev–Trinajstić information content (AvgIpc) is 3.22. The van der Waals surface area contributed by atoms with Gasteiger partial charge >= 0.3 is 0 Å². The van der Waals surface area contributed by atoms with Gasteiger partial charge in [-0.1, -0.05) is 67.4 Å². The van der Waals surface area contributed by atoms with Gasteiger partial charge < -0.3 is 20.8 Å². The molecule has 4 atom stereocenters. The molecule has 0 aliphatic carbocycles. The summed E-state index contributed by atoms with van der Waals surface area (Å²) in [6, 6.07) is 20.1. The van der Waals surface area contributed by atoms with Crippen molar-refractivity contribution in [3.63, 3.8) is 0 Å². The van der Waals surface area contributed by atoms with E-state index in [-0.39, 0.29) is 18.4 Å². The summed E-state index contributed by atoms with van der Waals surface area (Å²) in [5, 5.41) is 33.8. The van der Waals surface area contributed by atoms with E-state index in [2.05, 4.69) is 36.6 Å². The highest BCUT2D eigenvalue weighted by Crippen LogP contribution is 2.34. The SMILES string of the molecule is CC(C)CC1NCC(c2cccc(Cl)c2)C1C#N.Clc1ccccc1.O=CNCCC(O)CO.